The molecule has 25 heavy (non-hydrogen) atoms. The number of hydrogen-bond acceptors (Lipinski definition) is 6. The number of thiophene rings is 1. The first-order chi connectivity index (χ1) is 12.4. The van der Waals surface area contributed by atoms with E-state index < -0.39 is 0 Å². The molecule has 2 aliphatic rings. The van der Waals surface area contributed by atoms with Crippen LogP contribution in [-0.2, 0) is 12.8 Å². The molecule has 0 radical (unpaired) electrons. The molecule has 128 valence electrons. The van der Waals surface area contributed by atoms with Crippen molar-refractivity contribution in [2.24, 2.45) is 0 Å². The number of rotatable bonds is 3. The van der Waals surface area contributed by atoms with E-state index in [9.17, 15) is 0 Å². The number of aromatic nitrogens is 2. The molecular formula is C19H19N3O2S. The first-order valence-electron chi connectivity index (χ1n) is 8.76. The number of hydrogen-bond donors (Lipinski definition) is 1. The predicted molar refractivity (Wildman–Crippen MR) is 98.9 cm³/mol. The molecule has 1 aliphatic carbocycles. The summed E-state index contributed by atoms with van der Waals surface area (Å²) >= 11 is 1.82. The van der Waals surface area contributed by atoms with Crippen LogP contribution in [0.4, 0.5) is 5.82 Å². The van der Waals surface area contributed by atoms with E-state index in [0.29, 0.717) is 13.2 Å². The lowest BCUT2D eigenvalue weighted by molar-refractivity contribution is 0.0997. The largest absolute Gasteiger partial charge is 0.486 e. The minimum Gasteiger partial charge on any atom is -0.486 e. The zero-order valence-electron chi connectivity index (χ0n) is 13.8. The van der Waals surface area contributed by atoms with Gasteiger partial charge in [0.1, 0.15) is 29.7 Å². The molecule has 0 saturated heterocycles. The summed E-state index contributed by atoms with van der Waals surface area (Å²) < 4.78 is 11.8. The Balaban J connectivity index is 1.37. The summed E-state index contributed by atoms with van der Waals surface area (Å²) in [7, 11) is 0. The Hall–Kier alpha value is -2.34. The Morgan fingerprint density at radius 2 is 2.00 bits per heavy atom. The highest BCUT2D eigenvalue weighted by Gasteiger charge is 2.23. The second-order valence-electron chi connectivity index (χ2n) is 6.49. The van der Waals surface area contributed by atoms with Crippen molar-refractivity contribution in [2.75, 3.05) is 18.5 Å². The number of para-hydroxylation sites is 2. The molecule has 0 fully saturated rings. The van der Waals surface area contributed by atoms with Crippen LogP contribution < -0.4 is 14.8 Å². The maximum absolute atomic E-state index is 6.03. The van der Waals surface area contributed by atoms with Crippen LogP contribution in [0.3, 0.4) is 0 Å². The van der Waals surface area contributed by atoms with Crippen molar-refractivity contribution >= 4 is 27.4 Å². The van der Waals surface area contributed by atoms with Crippen molar-refractivity contribution in [1.29, 1.82) is 0 Å². The molecule has 3 heterocycles. The van der Waals surface area contributed by atoms with Crippen molar-refractivity contribution in [3.63, 3.8) is 0 Å². The number of fused-ring (bicyclic) bond motifs is 4. The van der Waals surface area contributed by atoms with Gasteiger partial charge in [0, 0.05) is 4.88 Å². The first kappa shape index (κ1) is 15.0. The molecule has 1 atom stereocenters. The van der Waals surface area contributed by atoms with Gasteiger partial charge in [-0.05, 0) is 43.4 Å². The fourth-order valence-electron chi connectivity index (χ4n) is 3.60. The highest BCUT2D eigenvalue weighted by Crippen LogP contribution is 2.38. The minimum atomic E-state index is -0.0330. The highest BCUT2D eigenvalue weighted by molar-refractivity contribution is 7.19. The number of anilines is 1. The Labute approximate surface area is 150 Å². The number of nitrogens with one attached hydrogen (secondary N) is 1. The van der Waals surface area contributed by atoms with Crippen molar-refractivity contribution in [1.82, 2.24) is 9.97 Å². The van der Waals surface area contributed by atoms with Gasteiger partial charge in [0.05, 0.1) is 11.9 Å². The molecule has 5 rings (SSSR count). The van der Waals surface area contributed by atoms with E-state index in [1.54, 1.807) is 6.33 Å². The van der Waals surface area contributed by atoms with Crippen LogP contribution in [0.15, 0.2) is 30.6 Å². The normalized spacial score (nSPS) is 18.8. The molecule has 6 heteroatoms. The highest BCUT2D eigenvalue weighted by atomic mass is 32.1. The fraction of sp³-hybridized carbons (Fsp3) is 0.368. The van der Waals surface area contributed by atoms with Crippen molar-refractivity contribution < 1.29 is 9.47 Å². The average Bonchev–Trinajstić information content (AvgIpc) is 3.05. The van der Waals surface area contributed by atoms with Crippen LogP contribution in [0, 0.1) is 0 Å². The molecule has 0 amide bonds. The van der Waals surface area contributed by atoms with E-state index in [1.807, 2.05) is 35.6 Å². The molecule has 0 bridgehead atoms. The lowest BCUT2D eigenvalue weighted by Crippen LogP contribution is -2.35. The van der Waals surface area contributed by atoms with E-state index in [1.165, 1.54) is 35.1 Å². The fourth-order valence-corrected chi connectivity index (χ4v) is 4.83. The van der Waals surface area contributed by atoms with E-state index in [-0.39, 0.29) is 6.10 Å². The van der Waals surface area contributed by atoms with Gasteiger partial charge in [-0.25, -0.2) is 9.97 Å². The molecule has 1 aliphatic heterocycles. The molecular weight excluding hydrogens is 334 g/mol. The van der Waals surface area contributed by atoms with Crippen LogP contribution in [0.5, 0.6) is 11.5 Å². The molecule has 0 unspecified atom stereocenters. The van der Waals surface area contributed by atoms with E-state index in [0.717, 1.165) is 28.6 Å². The van der Waals surface area contributed by atoms with Crippen LogP contribution >= 0.6 is 11.3 Å². The third-order valence-electron chi connectivity index (χ3n) is 4.82. The van der Waals surface area contributed by atoms with E-state index in [4.69, 9.17) is 9.47 Å². The van der Waals surface area contributed by atoms with Crippen molar-refractivity contribution in [3.8, 4) is 11.5 Å². The topological polar surface area (TPSA) is 56.3 Å². The first-order valence-corrected chi connectivity index (χ1v) is 9.58. The third kappa shape index (κ3) is 2.70. The molecule has 2 aromatic heterocycles. The standard InChI is InChI=1S/C19H19N3O2S/c1-4-8-16-13(5-1)17-18(21-11-22-19(17)25-16)20-9-12-10-23-14-6-2-3-7-15(14)24-12/h2-3,6-7,11-12H,1,4-5,8-10H2,(H,20,21,22)/t12-/m1/s1. The minimum absolute atomic E-state index is 0.0330. The molecule has 0 spiro atoms. The molecule has 1 N–H and O–H groups in total. The van der Waals surface area contributed by atoms with Crippen LogP contribution in [0.1, 0.15) is 23.3 Å². The molecule has 0 saturated carbocycles. The van der Waals surface area contributed by atoms with Crippen molar-refractivity contribution in [3.05, 3.63) is 41.0 Å². The Morgan fingerprint density at radius 3 is 2.96 bits per heavy atom. The zero-order valence-corrected chi connectivity index (χ0v) is 14.6. The summed E-state index contributed by atoms with van der Waals surface area (Å²) in [4.78, 5) is 11.6. The zero-order chi connectivity index (χ0) is 16.6. The van der Waals surface area contributed by atoms with Gasteiger partial charge in [-0.1, -0.05) is 12.1 Å². The van der Waals surface area contributed by atoms with Crippen LogP contribution in [0.25, 0.3) is 10.2 Å². The Kier molecular flexibility index (Phi) is 3.70. The monoisotopic (exact) mass is 353 g/mol. The Morgan fingerprint density at radius 1 is 1.12 bits per heavy atom. The van der Waals surface area contributed by atoms with Gasteiger partial charge in [-0.3, -0.25) is 0 Å². The van der Waals surface area contributed by atoms with Gasteiger partial charge < -0.3 is 14.8 Å². The quantitative estimate of drug-likeness (QED) is 0.776. The lowest BCUT2D eigenvalue weighted by atomic mass is 9.97. The second kappa shape index (κ2) is 6.19. The van der Waals surface area contributed by atoms with Crippen LogP contribution in [0.2, 0.25) is 0 Å². The van der Waals surface area contributed by atoms with Gasteiger partial charge in [-0.2, -0.15) is 0 Å². The van der Waals surface area contributed by atoms with Gasteiger partial charge in [-0.15, -0.1) is 11.3 Å². The van der Waals surface area contributed by atoms with Gasteiger partial charge in [0.25, 0.3) is 0 Å². The van der Waals surface area contributed by atoms with Gasteiger partial charge in [0.2, 0.25) is 0 Å². The van der Waals surface area contributed by atoms with E-state index >= 15 is 0 Å². The summed E-state index contributed by atoms with van der Waals surface area (Å²) in [6, 6.07) is 7.80. The molecule has 5 nitrogen and oxygen atoms in total. The maximum atomic E-state index is 6.03. The predicted octanol–water partition coefficient (Wildman–Crippen LogP) is 3.82. The lowest BCUT2D eigenvalue weighted by Gasteiger charge is -2.26. The summed E-state index contributed by atoms with van der Waals surface area (Å²) in [5.74, 6) is 2.54. The smallest absolute Gasteiger partial charge is 0.161 e. The van der Waals surface area contributed by atoms with Gasteiger partial charge in [0.15, 0.2) is 11.5 Å². The third-order valence-corrected chi connectivity index (χ3v) is 6.02. The van der Waals surface area contributed by atoms with Crippen LogP contribution in [-0.4, -0.2) is 29.2 Å². The van der Waals surface area contributed by atoms with Gasteiger partial charge >= 0.3 is 0 Å². The summed E-state index contributed by atoms with van der Waals surface area (Å²) in [5, 5.41) is 4.68. The number of aryl methyl sites for hydroxylation is 2. The molecule has 3 aromatic rings. The average molecular weight is 353 g/mol. The van der Waals surface area contributed by atoms with Crippen molar-refractivity contribution in [2.45, 2.75) is 31.8 Å². The SMILES string of the molecule is c1ccc2c(c1)OC[C@@H](CNc1ncnc3sc4c(c13)CCCC4)O2. The summed E-state index contributed by atoms with van der Waals surface area (Å²) in [5.41, 5.74) is 1.44. The number of ether oxygens (including phenoxy) is 2. The second-order valence-corrected chi connectivity index (χ2v) is 7.58. The number of nitrogens with zero attached hydrogens (tertiary/aromatic N) is 2. The summed E-state index contributed by atoms with van der Waals surface area (Å²) in [6.07, 6.45) is 6.46. The maximum Gasteiger partial charge on any atom is 0.161 e. The molecule has 1 aromatic carbocycles. The Bertz CT molecular complexity index is 924. The van der Waals surface area contributed by atoms with E-state index in [2.05, 4.69) is 15.3 Å². The number of benzene rings is 1. The summed E-state index contributed by atoms with van der Waals surface area (Å²) in [6.45, 7) is 1.20.